The minimum atomic E-state index is -4.08. The van der Waals surface area contributed by atoms with Gasteiger partial charge in [0.25, 0.3) is 0 Å². The van der Waals surface area contributed by atoms with E-state index >= 15 is 0 Å². The fraction of sp³-hybridized carbons (Fsp3) is 0.846. The molecule has 20 heavy (non-hydrogen) atoms. The lowest BCUT2D eigenvalue weighted by Crippen LogP contribution is -2.28. The van der Waals surface area contributed by atoms with Crippen molar-refractivity contribution in [1.82, 2.24) is 15.5 Å². The lowest BCUT2D eigenvalue weighted by molar-refractivity contribution is -0.183. The Kier molecular flexibility index (Phi) is 5.01. The number of halogens is 3. The van der Waals surface area contributed by atoms with Crippen molar-refractivity contribution >= 4 is 11.3 Å². The fourth-order valence-electron chi connectivity index (χ4n) is 2.69. The molecule has 0 aliphatic heterocycles. The van der Waals surface area contributed by atoms with Crippen LogP contribution in [0, 0.1) is 5.92 Å². The molecule has 2 rings (SSSR count). The second kappa shape index (κ2) is 6.39. The van der Waals surface area contributed by atoms with Crippen LogP contribution in [0.1, 0.15) is 61.5 Å². The number of hydrogen-bond acceptors (Lipinski definition) is 4. The molecular weight excluding hydrogens is 287 g/mol. The van der Waals surface area contributed by atoms with E-state index in [1.165, 1.54) is 11.3 Å². The minimum Gasteiger partial charge on any atom is -0.308 e. The molecule has 1 aliphatic rings. The molecule has 1 N–H and O–H groups in total. The lowest BCUT2D eigenvalue weighted by atomic mass is 9.81. The number of nitrogens with zero attached hydrogens (tertiary/aromatic N) is 2. The zero-order valence-electron chi connectivity index (χ0n) is 11.7. The van der Waals surface area contributed by atoms with Gasteiger partial charge >= 0.3 is 6.18 Å². The van der Waals surface area contributed by atoms with E-state index in [0.29, 0.717) is 6.42 Å². The first kappa shape index (κ1) is 15.7. The van der Waals surface area contributed by atoms with Crippen molar-refractivity contribution in [2.75, 3.05) is 6.54 Å². The van der Waals surface area contributed by atoms with Gasteiger partial charge in [0.1, 0.15) is 10.0 Å². The quantitative estimate of drug-likeness (QED) is 0.912. The Hall–Kier alpha value is -0.690. The molecule has 1 fully saturated rings. The Labute approximate surface area is 121 Å². The van der Waals surface area contributed by atoms with Gasteiger partial charge in [-0.05, 0) is 32.7 Å². The lowest BCUT2D eigenvalue weighted by Gasteiger charge is -2.29. The first-order valence-electron chi connectivity index (χ1n) is 7.05. The first-order valence-corrected chi connectivity index (χ1v) is 7.86. The molecule has 0 saturated heterocycles. The summed E-state index contributed by atoms with van der Waals surface area (Å²) in [5, 5.41) is 13.1. The smallest absolute Gasteiger partial charge is 0.308 e. The fourth-order valence-corrected chi connectivity index (χ4v) is 3.71. The summed E-state index contributed by atoms with van der Waals surface area (Å²) in [5.41, 5.74) is 0. The van der Waals surface area contributed by atoms with Crippen LogP contribution in [0.3, 0.4) is 0 Å². The molecule has 3 atom stereocenters. The number of aromatic nitrogens is 2. The molecule has 3 unspecified atom stereocenters. The molecular formula is C13H20F3N3S. The molecule has 1 aromatic heterocycles. The molecule has 1 heterocycles. The van der Waals surface area contributed by atoms with Gasteiger partial charge in [-0.3, -0.25) is 0 Å². The summed E-state index contributed by atoms with van der Waals surface area (Å²) in [5.74, 6) is -1.27. The maximum Gasteiger partial charge on any atom is 0.391 e. The van der Waals surface area contributed by atoms with Gasteiger partial charge in [0, 0.05) is 5.92 Å². The molecule has 1 aliphatic carbocycles. The molecule has 1 aromatic rings. The SMILES string of the molecule is CCNC(C)c1nnc(C2CCCC(C(F)(F)F)C2)s1. The molecule has 114 valence electrons. The van der Waals surface area contributed by atoms with Crippen molar-refractivity contribution in [3.05, 3.63) is 10.0 Å². The minimum absolute atomic E-state index is 0.0875. The molecule has 0 bridgehead atoms. The zero-order valence-corrected chi connectivity index (χ0v) is 12.5. The van der Waals surface area contributed by atoms with Crippen molar-refractivity contribution in [3.63, 3.8) is 0 Å². The van der Waals surface area contributed by atoms with Gasteiger partial charge < -0.3 is 5.32 Å². The standard InChI is InChI=1S/C13H20F3N3S/c1-3-17-8(2)11-18-19-12(20-11)9-5-4-6-10(7-9)13(14,15)16/h8-10,17H,3-7H2,1-2H3. The number of rotatable bonds is 4. The predicted octanol–water partition coefficient (Wildman–Crippen LogP) is 4.04. The van der Waals surface area contributed by atoms with E-state index in [0.717, 1.165) is 23.0 Å². The zero-order chi connectivity index (χ0) is 14.8. The van der Waals surface area contributed by atoms with Gasteiger partial charge in [-0.25, -0.2) is 0 Å². The van der Waals surface area contributed by atoms with Crippen LogP contribution in [0.4, 0.5) is 13.2 Å². The van der Waals surface area contributed by atoms with E-state index in [1.807, 2.05) is 13.8 Å². The monoisotopic (exact) mass is 307 g/mol. The molecule has 0 spiro atoms. The van der Waals surface area contributed by atoms with E-state index in [-0.39, 0.29) is 24.8 Å². The summed E-state index contributed by atoms with van der Waals surface area (Å²) in [4.78, 5) is 0. The van der Waals surface area contributed by atoms with Crippen LogP contribution < -0.4 is 5.32 Å². The Balaban J connectivity index is 2.04. The van der Waals surface area contributed by atoms with Gasteiger partial charge in [-0.1, -0.05) is 24.7 Å². The van der Waals surface area contributed by atoms with Crippen LogP contribution in [0.5, 0.6) is 0 Å². The average Bonchev–Trinajstić information content (AvgIpc) is 2.88. The van der Waals surface area contributed by atoms with Gasteiger partial charge in [0.05, 0.1) is 12.0 Å². The van der Waals surface area contributed by atoms with Gasteiger partial charge in [0.2, 0.25) is 0 Å². The maximum absolute atomic E-state index is 12.8. The summed E-state index contributed by atoms with van der Waals surface area (Å²) in [6.45, 7) is 4.83. The van der Waals surface area contributed by atoms with Crippen LogP contribution in [0.25, 0.3) is 0 Å². The molecule has 0 radical (unpaired) electrons. The van der Waals surface area contributed by atoms with Crippen molar-refractivity contribution in [2.24, 2.45) is 5.92 Å². The highest BCUT2D eigenvalue weighted by Gasteiger charge is 2.43. The number of nitrogens with one attached hydrogen (secondary N) is 1. The molecule has 1 saturated carbocycles. The van der Waals surface area contributed by atoms with Crippen molar-refractivity contribution in [1.29, 1.82) is 0 Å². The van der Waals surface area contributed by atoms with E-state index in [4.69, 9.17) is 0 Å². The van der Waals surface area contributed by atoms with Crippen LogP contribution >= 0.6 is 11.3 Å². The second-order valence-electron chi connectivity index (χ2n) is 5.36. The topological polar surface area (TPSA) is 37.8 Å². The number of alkyl halides is 3. The Morgan fingerprint density at radius 2 is 2.10 bits per heavy atom. The number of hydrogen-bond donors (Lipinski definition) is 1. The van der Waals surface area contributed by atoms with Crippen molar-refractivity contribution in [2.45, 2.75) is 57.7 Å². The average molecular weight is 307 g/mol. The highest BCUT2D eigenvalue weighted by Crippen LogP contribution is 2.44. The predicted molar refractivity (Wildman–Crippen MR) is 72.8 cm³/mol. The summed E-state index contributed by atoms with van der Waals surface area (Å²) in [7, 11) is 0. The van der Waals surface area contributed by atoms with Gasteiger partial charge in [-0.2, -0.15) is 13.2 Å². The third kappa shape index (κ3) is 3.69. The second-order valence-corrected chi connectivity index (χ2v) is 6.40. The van der Waals surface area contributed by atoms with Crippen LogP contribution in [-0.2, 0) is 0 Å². The van der Waals surface area contributed by atoms with E-state index in [2.05, 4.69) is 15.5 Å². The first-order chi connectivity index (χ1) is 9.41. The van der Waals surface area contributed by atoms with Crippen LogP contribution in [0.2, 0.25) is 0 Å². The molecule has 0 aromatic carbocycles. The van der Waals surface area contributed by atoms with Crippen molar-refractivity contribution < 1.29 is 13.2 Å². The summed E-state index contributed by atoms with van der Waals surface area (Å²) < 4.78 is 38.5. The van der Waals surface area contributed by atoms with E-state index in [1.54, 1.807) is 0 Å². The Morgan fingerprint density at radius 3 is 2.75 bits per heavy atom. The Morgan fingerprint density at radius 1 is 1.35 bits per heavy atom. The summed E-state index contributed by atoms with van der Waals surface area (Å²) >= 11 is 1.45. The van der Waals surface area contributed by atoms with Gasteiger partial charge in [0.15, 0.2) is 0 Å². The van der Waals surface area contributed by atoms with Gasteiger partial charge in [-0.15, -0.1) is 10.2 Å². The van der Waals surface area contributed by atoms with E-state index in [9.17, 15) is 13.2 Å². The van der Waals surface area contributed by atoms with E-state index < -0.39 is 12.1 Å². The molecule has 0 amide bonds. The summed E-state index contributed by atoms with van der Waals surface area (Å²) in [6, 6.07) is 0.105. The maximum atomic E-state index is 12.8. The van der Waals surface area contributed by atoms with Crippen LogP contribution in [0.15, 0.2) is 0 Å². The van der Waals surface area contributed by atoms with Crippen molar-refractivity contribution in [3.8, 4) is 0 Å². The Bertz CT molecular complexity index is 433. The highest BCUT2D eigenvalue weighted by molar-refractivity contribution is 7.11. The normalized spacial score (nSPS) is 25.6. The molecule has 7 heteroatoms. The highest BCUT2D eigenvalue weighted by atomic mass is 32.1. The third-order valence-corrected chi connectivity index (χ3v) is 5.09. The third-order valence-electron chi connectivity index (χ3n) is 3.82. The summed E-state index contributed by atoms with van der Waals surface area (Å²) in [6.07, 6.45) is -2.26. The largest absolute Gasteiger partial charge is 0.391 e. The molecule has 3 nitrogen and oxygen atoms in total. The van der Waals surface area contributed by atoms with Crippen LogP contribution in [-0.4, -0.2) is 22.9 Å².